The molecule has 8 heteroatoms. The summed E-state index contributed by atoms with van der Waals surface area (Å²) in [6.07, 6.45) is 3.57. The molecule has 4 N–H and O–H groups in total. The first kappa shape index (κ1) is 14.3. The molecule has 0 aromatic carbocycles. The molecule has 1 aromatic heterocycles. The number of morpholine rings is 1. The van der Waals surface area contributed by atoms with Gasteiger partial charge in [-0.1, -0.05) is 6.92 Å². The van der Waals surface area contributed by atoms with Crippen molar-refractivity contribution in [3.8, 4) is 0 Å². The lowest BCUT2D eigenvalue weighted by molar-refractivity contribution is 0.122. The van der Waals surface area contributed by atoms with E-state index in [1.807, 2.05) is 0 Å². The van der Waals surface area contributed by atoms with Crippen LogP contribution in [0.25, 0.3) is 0 Å². The topological polar surface area (TPSA) is 101 Å². The number of nitrogens with zero attached hydrogens (tertiary/aromatic N) is 4. The van der Waals surface area contributed by atoms with E-state index >= 15 is 0 Å². The fourth-order valence-corrected chi connectivity index (χ4v) is 2.92. The third-order valence-electron chi connectivity index (χ3n) is 4.07. The molecule has 2 fully saturated rings. The van der Waals surface area contributed by atoms with Crippen LogP contribution in [0.15, 0.2) is 0 Å². The number of hydrogen-bond acceptors (Lipinski definition) is 8. The lowest BCUT2D eigenvalue weighted by Gasteiger charge is -2.27. The van der Waals surface area contributed by atoms with Crippen molar-refractivity contribution in [1.29, 1.82) is 0 Å². The van der Waals surface area contributed by atoms with Gasteiger partial charge in [-0.2, -0.15) is 15.0 Å². The highest BCUT2D eigenvalue weighted by Gasteiger charge is 2.23. The highest BCUT2D eigenvalue weighted by molar-refractivity contribution is 5.44. The second-order valence-electron chi connectivity index (χ2n) is 5.79. The highest BCUT2D eigenvalue weighted by atomic mass is 16.5. The van der Waals surface area contributed by atoms with Gasteiger partial charge in [0.2, 0.25) is 17.8 Å². The maximum Gasteiger partial charge on any atom is 0.243 e. The number of nitrogens with two attached hydrogens (primary N) is 1. The molecule has 1 aliphatic heterocycles. The molecule has 8 nitrogen and oxygen atoms in total. The Morgan fingerprint density at radius 3 is 2.57 bits per heavy atom. The van der Waals surface area contributed by atoms with Crippen molar-refractivity contribution in [3.05, 3.63) is 0 Å². The van der Waals surface area contributed by atoms with Crippen LogP contribution in [0.5, 0.6) is 0 Å². The fourth-order valence-electron chi connectivity index (χ4n) is 2.92. The van der Waals surface area contributed by atoms with Crippen molar-refractivity contribution in [2.75, 3.05) is 41.9 Å². The number of rotatable bonds is 4. The lowest BCUT2D eigenvalue weighted by Crippen LogP contribution is -2.37. The average molecular weight is 293 g/mol. The summed E-state index contributed by atoms with van der Waals surface area (Å²) in [6.45, 7) is 5.24. The summed E-state index contributed by atoms with van der Waals surface area (Å²) in [5.41, 5.74) is 2.52. The van der Waals surface area contributed by atoms with E-state index in [4.69, 9.17) is 10.6 Å². The minimum atomic E-state index is 0.389. The van der Waals surface area contributed by atoms with Crippen molar-refractivity contribution >= 4 is 17.8 Å². The SMILES string of the molecule is CC1CCC(Nc2nc(NN)nc(N3CCOCC3)n2)C1. The number of nitrogens with one attached hydrogen (secondary N) is 2. The molecule has 1 saturated heterocycles. The minimum absolute atomic E-state index is 0.389. The second kappa shape index (κ2) is 6.40. The monoisotopic (exact) mass is 293 g/mol. The van der Waals surface area contributed by atoms with Crippen molar-refractivity contribution in [1.82, 2.24) is 15.0 Å². The highest BCUT2D eigenvalue weighted by Crippen LogP contribution is 2.27. The van der Waals surface area contributed by atoms with Gasteiger partial charge in [-0.25, -0.2) is 5.84 Å². The number of hydrazine groups is 1. The van der Waals surface area contributed by atoms with Gasteiger partial charge in [-0.3, -0.25) is 5.43 Å². The molecule has 0 radical (unpaired) electrons. The number of aromatic nitrogens is 3. The van der Waals surface area contributed by atoms with Gasteiger partial charge in [-0.15, -0.1) is 0 Å². The maximum absolute atomic E-state index is 5.47. The molecule has 1 aliphatic carbocycles. The van der Waals surface area contributed by atoms with E-state index in [0.717, 1.165) is 31.8 Å². The second-order valence-corrected chi connectivity index (χ2v) is 5.79. The molecule has 0 amide bonds. The summed E-state index contributed by atoms with van der Waals surface area (Å²) >= 11 is 0. The van der Waals surface area contributed by atoms with Gasteiger partial charge < -0.3 is 15.0 Å². The summed E-state index contributed by atoms with van der Waals surface area (Å²) in [4.78, 5) is 15.3. The molecule has 1 saturated carbocycles. The van der Waals surface area contributed by atoms with Gasteiger partial charge in [-0.05, 0) is 25.2 Å². The molecule has 2 unspecified atom stereocenters. The first-order chi connectivity index (χ1) is 10.2. The van der Waals surface area contributed by atoms with E-state index in [9.17, 15) is 0 Å². The summed E-state index contributed by atoms with van der Waals surface area (Å²) in [5.74, 6) is 7.87. The van der Waals surface area contributed by atoms with Crippen LogP contribution >= 0.6 is 0 Å². The van der Waals surface area contributed by atoms with Gasteiger partial charge in [0, 0.05) is 19.1 Å². The van der Waals surface area contributed by atoms with Crippen LogP contribution < -0.4 is 21.5 Å². The van der Waals surface area contributed by atoms with Crippen LogP contribution in [0.3, 0.4) is 0 Å². The van der Waals surface area contributed by atoms with Gasteiger partial charge in [0.15, 0.2) is 0 Å². The average Bonchev–Trinajstić information content (AvgIpc) is 2.93. The van der Waals surface area contributed by atoms with Gasteiger partial charge in [0.25, 0.3) is 0 Å². The Balaban J connectivity index is 1.75. The summed E-state index contributed by atoms with van der Waals surface area (Å²) in [7, 11) is 0. The van der Waals surface area contributed by atoms with E-state index in [1.54, 1.807) is 0 Å². The van der Waals surface area contributed by atoms with Crippen molar-refractivity contribution < 1.29 is 4.74 Å². The number of anilines is 3. The zero-order valence-corrected chi connectivity index (χ0v) is 12.4. The predicted octanol–water partition coefficient (Wildman–Crippen LogP) is 0.594. The molecule has 1 aromatic rings. The fraction of sp³-hybridized carbons (Fsp3) is 0.769. The van der Waals surface area contributed by atoms with Crippen LogP contribution in [-0.2, 0) is 4.74 Å². The standard InChI is InChI=1S/C13H23N7O/c1-9-2-3-10(8-9)15-11-16-12(19-14)18-13(17-11)20-4-6-21-7-5-20/h9-10H,2-8,14H2,1H3,(H2,15,16,17,18,19). The number of nitrogen functional groups attached to an aromatic ring is 1. The van der Waals surface area contributed by atoms with Crippen molar-refractivity contribution in [3.63, 3.8) is 0 Å². The quantitative estimate of drug-likeness (QED) is 0.548. The smallest absolute Gasteiger partial charge is 0.243 e. The molecule has 21 heavy (non-hydrogen) atoms. The molecule has 0 spiro atoms. The van der Waals surface area contributed by atoms with Crippen LogP contribution in [0.2, 0.25) is 0 Å². The van der Waals surface area contributed by atoms with E-state index < -0.39 is 0 Å². The Hall–Kier alpha value is -1.67. The Morgan fingerprint density at radius 2 is 1.90 bits per heavy atom. The zero-order chi connectivity index (χ0) is 14.7. The molecule has 0 bridgehead atoms. The molecule has 2 heterocycles. The van der Waals surface area contributed by atoms with Gasteiger partial charge in [0.1, 0.15) is 0 Å². The van der Waals surface area contributed by atoms with Crippen LogP contribution in [0.4, 0.5) is 17.8 Å². The molecule has 116 valence electrons. The van der Waals surface area contributed by atoms with Gasteiger partial charge >= 0.3 is 0 Å². The maximum atomic E-state index is 5.47. The van der Waals surface area contributed by atoms with Crippen LogP contribution in [0.1, 0.15) is 26.2 Å². The molecular formula is C13H23N7O. The van der Waals surface area contributed by atoms with Crippen LogP contribution in [0, 0.1) is 5.92 Å². The number of ether oxygens (including phenoxy) is 1. The molecule has 2 aliphatic rings. The van der Waals surface area contributed by atoms with Crippen LogP contribution in [-0.4, -0.2) is 47.3 Å². The third-order valence-corrected chi connectivity index (χ3v) is 4.07. The van der Waals surface area contributed by atoms with Gasteiger partial charge in [0.05, 0.1) is 13.2 Å². The summed E-state index contributed by atoms with van der Waals surface area (Å²) in [5, 5.41) is 3.41. The first-order valence-corrected chi connectivity index (χ1v) is 7.56. The van der Waals surface area contributed by atoms with Crippen molar-refractivity contribution in [2.45, 2.75) is 32.2 Å². The predicted molar refractivity (Wildman–Crippen MR) is 81.1 cm³/mol. The normalized spacial score (nSPS) is 25.9. The Labute approximate surface area is 124 Å². The van der Waals surface area contributed by atoms with E-state index in [0.29, 0.717) is 37.1 Å². The van der Waals surface area contributed by atoms with E-state index in [-0.39, 0.29) is 0 Å². The first-order valence-electron chi connectivity index (χ1n) is 7.56. The molecular weight excluding hydrogens is 270 g/mol. The Kier molecular flexibility index (Phi) is 4.35. The third kappa shape index (κ3) is 3.51. The molecule has 3 rings (SSSR count). The Bertz CT molecular complexity index is 478. The summed E-state index contributed by atoms with van der Waals surface area (Å²) < 4.78 is 5.36. The lowest BCUT2D eigenvalue weighted by atomic mass is 10.1. The van der Waals surface area contributed by atoms with Crippen molar-refractivity contribution in [2.24, 2.45) is 11.8 Å². The zero-order valence-electron chi connectivity index (χ0n) is 12.4. The molecule has 2 atom stereocenters. The minimum Gasteiger partial charge on any atom is -0.378 e. The Morgan fingerprint density at radius 1 is 1.14 bits per heavy atom. The van der Waals surface area contributed by atoms with E-state index in [1.165, 1.54) is 6.42 Å². The summed E-state index contributed by atoms with van der Waals surface area (Å²) in [6, 6.07) is 0.436. The largest absolute Gasteiger partial charge is 0.378 e. The van der Waals surface area contributed by atoms with E-state index in [2.05, 4.69) is 37.5 Å². The number of hydrogen-bond donors (Lipinski definition) is 3.